The van der Waals surface area contributed by atoms with Gasteiger partial charge >= 0.3 is 0 Å². The average Bonchev–Trinajstić information content (AvgIpc) is 2.71. The highest BCUT2D eigenvalue weighted by molar-refractivity contribution is 5.30. The molecule has 5 nitrogen and oxygen atoms in total. The minimum Gasteiger partial charge on any atom is -0.396 e. The molecule has 2 bridgehead atoms. The molecule has 0 aromatic rings. The zero-order valence-corrected chi connectivity index (χ0v) is 18.8. The second-order valence-electron chi connectivity index (χ2n) is 11.6. The molecular formula is C25H37NO4. The number of aliphatic hydroxyl groups is 1. The van der Waals surface area contributed by atoms with Crippen LogP contribution in [0.2, 0.25) is 0 Å². The van der Waals surface area contributed by atoms with Gasteiger partial charge in [0.25, 0.3) is 0 Å². The van der Waals surface area contributed by atoms with Gasteiger partial charge in [-0.25, -0.2) is 0 Å². The predicted molar refractivity (Wildman–Crippen MR) is 112 cm³/mol. The number of fused-ring (bicyclic) bond motifs is 2. The molecule has 6 rings (SSSR count). The van der Waals surface area contributed by atoms with Crippen LogP contribution in [0.3, 0.4) is 0 Å². The number of aliphatic hydroxyl groups excluding tert-OH is 1. The molecule has 6 fully saturated rings. The van der Waals surface area contributed by atoms with Crippen LogP contribution in [0.15, 0.2) is 12.2 Å². The Balaban J connectivity index is 1.64. The summed E-state index contributed by atoms with van der Waals surface area (Å²) in [6.07, 6.45) is 7.75. The Labute approximate surface area is 180 Å². The predicted octanol–water partition coefficient (Wildman–Crippen LogP) is 4.21. The lowest BCUT2D eigenvalue weighted by Crippen LogP contribution is -2.75. The summed E-state index contributed by atoms with van der Waals surface area (Å²) in [4.78, 5) is 0. The Kier molecular flexibility index (Phi) is 4.74. The molecule has 166 valence electrons. The van der Waals surface area contributed by atoms with E-state index in [4.69, 9.17) is 19.5 Å². The molecule has 6 aliphatic rings. The van der Waals surface area contributed by atoms with E-state index in [1.807, 2.05) is 13.8 Å². The molecule has 5 heteroatoms. The van der Waals surface area contributed by atoms with Crippen LogP contribution in [0.1, 0.15) is 65.7 Å². The zero-order chi connectivity index (χ0) is 21.4. The summed E-state index contributed by atoms with van der Waals surface area (Å²) in [5.41, 5.74) is 1.05. The van der Waals surface area contributed by atoms with Crippen molar-refractivity contribution in [3.05, 3.63) is 12.2 Å². The van der Waals surface area contributed by atoms with Gasteiger partial charge in [-0.3, -0.25) is 0 Å². The molecule has 0 radical (unpaired) electrons. The van der Waals surface area contributed by atoms with E-state index in [-0.39, 0.29) is 41.7 Å². The summed E-state index contributed by atoms with van der Waals surface area (Å²) in [6.45, 7) is 11.8. The molecule has 1 aliphatic heterocycles. The van der Waals surface area contributed by atoms with Gasteiger partial charge in [0.05, 0.1) is 24.9 Å². The van der Waals surface area contributed by atoms with Crippen molar-refractivity contribution in [1.82, 2.24) is 0 Å². The average molecular weight is 416 g/mol. The van der Waals surface area contributed by atoms with Crippen LogP contribution in [-0.4, -0.2) is 42.9 Å². The van der Waals surface area contributed by atoms with Gasteiger partial charge in [-0.05, 0) is 81.1 Å². The van der Waals surface area contributed by atoms with Gasteiger partial charge in [0.2, 0.25) is 0 Å². The normalized spacial score (nSPS) is 51.0. The molecule has 0 aromatic heterocycles. The van der Waals surface area contributed by atoms with E-state index in [1.165, 1.54) is 12.0 Å². The number of ether oxygens (including phenoxy) is 3. The first kappa shape index (κ1) is 20.9. The van der Waals surface area contributed by atoms with Gasteiger partial charge in [0.15, 0.2) is 5.79 Å². The van der Waals surface area contributed by atoms with Crippen LogP contribution < -0.4 is 0 Å². The second-order valence-corrected chi connectivity index (χ2v) is 11.6. The van der Waals surface area contributed by atoms with Gasteiger partial charge in [0.1, 0.15) is 6.61 Å². The highest BCUT2D eigenvalue weighted by Gasteiger charge is 2.74. The van der Waals surface area contributed by atoms with E-state index in [2.05, 4.69) is 19.6 Å². The minimum atomic E-state index is -0.618. The first-order valence-corrected chi connectivity index (χ1v) is 11.8. The molecule has 3 unspecified atom stereocenters. The van der Waals surface area contributed by atoms with E-state index in [0.29, 0.717) is 24.4 Å². The lowest BCUT2D eigenvalue weighted by molar-refractivity contribution is -0.397. The molecule has 0 aromatic carbocycles. The maximum absolute atomic E-state index is 10.5. The smallest absolute Gasteiger partial charge is 0.163 e. The molecule has 8 atom stereocenters. The third kappa shape index (κ3) is 2.60. The molecule has 0 amide bonds. The molecule has 30 heavy (non-hydrogen) atoms. The first-order chi connectivity index (χ1) is 14.2. The van der Waals surface area contributed by atoms with E-state index < -0.39 is 5.79 Å². The number of rotatable bonds is 4. The number of hydrogen-bond donors (Lipinski definition) is 1. The van der Waals surface area contributed by atoms with Crippen LogP contribution in [-0.2, 0) is 14.2 Å². The van der Waals surface area contributed by atoms with Crippen LogP contribution in [0.4, 0.5) is 0 Å². The fourth-order valence-corrected chi connectivity index (χ4v) is 8.73. The first-order valence-electron chi connectivity index (χ1n) is 11.8. The Morgan fingerprint density at radius 2 is 1.97 bits per heavy atom. The Morgan fingerprint density at radius 3 is 2.70 bits per heavy atom. The van der Waals surface area contributed by atoms with E-state index >= 15 is 0 Å². The summed E-state index contributed by atoms with van der Waals surface area (Å²) in [7, 11) is 0. The number of nitriles is 1. The summed E-state index contributed by atoms with van der Waals surface area (Å²) < 4.78 is 19.3. The van der Waals surface area contributed by atoms with Crippen molar-refractivity contribution in [2.45, 2.75) is 83.7 Å². The van der Waals surface area contributed by atoms with Crippen molar-refractivity contribution in [3.63, 3.8) is 0 Å². The van der Waals surface area contributed by atoms with Gasteiger partial charge in [-0.2, -0.15) is 5.26 Å². The van der Waals surface area contributed by atoms with Crippen molar-refractivity contribution in [2.24, 2.45) is 34.0 Å². The highest BCUT2D eigenvalue weighted by Crippen LogP contribution is 2.74. The standard InChI is InChI=1S/C25H37NO4/c1-16-17-6-9-25-19(12-17)24(15-28-11-10-26)8-5-7-23(4,14-27)18(24)13-20(25)29-22(2,3)30-21(16)25/h17-21,27H,1,5-9,11-15H2,2-4H3/t17-,18?,19?,20+,21-,23-,24-,25?/m0/s1. The van der Waals surface area contributed by atoms with Gasteiger partial charge in [-0.15, -0.1) is 0 Å². The molecule has 5 saturated carbocycles. The molecular weight excluding hydrogens is 378 g/mol. The fourth-order valence-electron chi connectivity index (χ4n) is 8.73. The Morgan fingerprint density at radius 1 is 1.17 bits per heavy atom. The van der Waals surface area contributed by atoms with Crippen molar-refractivity contribution >= 4 is 0 Å². The summed E-state index contributed by atoms with van der Waals surface area (Å²) >= 11 is 0. The van der Waals surface area contributed by atoms with Gasteiger partial charge in [0, 0.05) is 17.4 Å². The van der Waals surface area contributed by atoms with Crippen molar-refractivity contribution in [2.75, 3.05) is 19.8 Å². The topological polar surface area (TPSA) is 71.7 Å². The lowest BCUT2D eigenvalue weighted by Gasteiger charge is -2.74. The third-order valence-corrected chi connectivity index (χ3v) is 9.84. The molecule has 1 heterocycles. The van der Waals surface area contributed by atoms with Crippen molar-refractivity contribution in [1.29, 1.82) is 5.26 Å². The Hall–Kier alpha value is -0.930. The van der Waals surface area contributed by atoms with E-state index in [0.717, 1.165) is 38.5 Å². The van der Waals surface area contributed by atoms with Crippen LogP contribution >= 0.6 is 0 Å². The monoisotopic (exact) mass is 415 g/mol. The summed E-state index contributed by atoms with van der Waals surface area (Å²) in [5, 5.41) is 19.6. The molecule has 1 saturated heterocycles. The van der Waals surface area contributed by atoms with Crippen molar-refractivity contribution in [3.8, 4) is 6.07 Å². The van der Waals surface area contributed by atoms with Crippen molar-refractivity contribution < 1.29 is 19.3 Å². The number of nitrogens with zero attached hydrogens (tertiary/aromatic N) is 1. The fraction of sp³-hybridized carbons (Fsp3) is 0.880. The van der Waals surface area contributed by atoms with Gasteiger partial charge < -0.3 is 19.3 Å². The summed E-state index contributed by atoms with van der Waals surface area (Å²) in [5.74, 6) is 0.618. The highest BCUT2D eigenvalue weighted by atomic mass is 16.7. The second kappa shape index (κ2) is 6.78. The lowest BCUT2D eigenvalue weighted by atomic mass is 9.35. The summed E-state index contributed by atoms with van der Waals surface area (Å²) in [6, 6.07) is 2.16. The van der Waals surface area contributed by atoms with E-state index in [1.54, 1.807) is 0 Å². The number of hydrogen-bond acceptors (Lipinski definition) is 5. The zero-order valence-electron chi connectivity index (χ0n) is 18.8. The molecule has 1 spiro atoms. The van der Waals surface area contributed by atoms with E-state index in [9.17, 15) is 5.11 Å². The maximum Gasteiger partial charge on any atom is 0.163 e. The molecule has 1 N–H and O–H groups in total. The third-order valence-electron chi connectivity index (χ3n) is 9.84. The maximum atomic E-state index is 10.5. The van der Waals surface area contributed by atoms with Crippen LogP contribution in [0.5, 0.6) is 0 Å². The van der Waals surface area contributed by atoms with Crippen LogP contribution in [0.25, 0.3) is 0 Å². The van der Waals surface area contributed by atoms with Gasteiger partial charge in [-0.1, -0.05) is 19.9 Å². The quantitative estimate of drug-likeness (QED) is 0.550. The minimum absolute atomic E-state index is 0.0328. The Bertz CT molecular complexity index is 774. The largest absolute Gasteiger partial charge is 0.396 e. The molecule has 5 aliphatic carbocycles. The van der Waals surface area contributed by atoms with Crippen LogP contribution in [0, 0.1) is 45.3 Å². The SMILES string of the molecule is C=C1[C@H]2CCC34C(C2)[C@]2(COCC#N)CCC[C@@](C)(CO)C2C[C@H]3OC(C)(C)O[C@@H]14.